The number of H-pyrrole nitrogens is 2. The van der Waals surface area contributed by atoms with Crippen LogP contribution in [-0.2, 0) is 32.0 Å². The van der Waals surface area contributed by atoms with E-state index in [0.29, 0.717) is 17.8 Å². The molecule has 2 aromatic heterocycles. The molecule has 0 aliphatic carbocycles. The van der Waals surface area contributed by atoms with Crippen LogP contribution in [0.5, 0.6) is 0 Å². The number of carboxylic acid groups (broad SMARTS) is 1. The van der Waals surface area contributed by atoms with Crippen molar-refractivity contribution in [2.24, 2.45) is 22.2 Å². The summed E-state index contributed by atoms with van der Waals surface area (Å²) in [7, 11) is 0. The first-order valence-corrected chi connectivity index (χ1v) is 11.0. The first-order valence-electron chi connectivity index (χ1n) is 11.0. The second-order valence-electron chi connectivity index (χ2n) is 7.85. The molecule has 2 rings (SSSR count). The van der Waals surface area contributed by atoms with E-state index in [1.165, 1.54) is 25.0 Å². The molecule has 0 aliphatic heterocycles. The summed E-state index contributed by atoms with van der Waals surface area (Å²) in [6.07, 6.45) is 6.53. The molecule has 36 heavy (non-hydrogen) atoms. The van der Waals surface area contributed by atoms with E-state index in [4.69, 9.17) is 17.2 Å². The molecular weight excluding hydrogens is 474 g/mol. The molecule has 16 heteroatoms. The molecule has 0 radical (unpaired) electrons. The quantitative estimate of drug-likeness (QED) is 0.0653. The number of guanidine groups is 1. The zero-order valence-electron chi connectivity index (χ0n) is 19.4. The van der Waals surface area contributed by atoms with E-state index in [2.05, 4.69) is 40.9 Å². The van der Waals surface area contributed by atoms with Crippen LogP contribution in [0.1, 0.15) is 24.2 Å². The number of nitrogens with two attached hydrogens (primary N) is 3. The Morgan fingerprint density at radius 3 is 2.17 bits per heavy atom. The van der Waals surface area contributed by atoms with E-state index >= 15 is 0 Å². The molecule has 16 nitrogen and oxygen atoms in total. The average molecular weight is 506 g/mol. The molecule has 0 spiro atoms. The monoisotopic (exact) mass is 505 g/mol. The number of aromatic nitrogens is 4. The minimum atomic E-state index is -1.24. The fourth-order valence-electron chi connectivity index (χ4n) is 3.13. The lowest BCUT2D eigenvalue weighted by Crippen LogP contribution is -2.54. The summed E-state index contributed by atoms with van der Waals surface area (Å²) in [5.41, 5.74) is 17.6. The summed E-state index contributed by atoms with van der Waals surface area (Å²) in [5, 5.41) is 16.6. The maximum Gasteiger partial charge on any atom is 0.326 e. The molecular formula is C20H31N11O5. The lowest BCUT2D eigenvalue weighted by molar-refractivity contribution is -0.142. The third-order valence-electron chi connectivity index (χ3n) is 4.95. The van der Waals surface area contributed by atoms with E-state index in [1.807, 2.05) is 0 Å². The van der Waals surface area contributed by atoms with Crippen LogP contribution >= 0.6 is 0 Å². The molecule has 0 bridgehead atoms. The van der Waals surface area contributed by atoms with Gasteiger partial charge in [0.15, 0.2) is 5.96 Å². The fraction of sp³-hybridized carbons (Fsp3) is 0.450. The molecule has 2 heterocycles. The molecule has 0 fully saturated rings. The predicted molar refractivity (Wildman–Crippen MR) is 127 cm³/mol. The Hall–Kier alpha value is -4.47. The van der Waals surface area contributed by atoms with Crippen molar-refractivity contribution in [2.45, 2.75) is 43.8 Å². The number of aliphatic carboxylic acids is 1. The maximum atomic E-state index is 12.8. The van der Waals surface area contributed by atoms with Crippen molar-refractivity contribution in [3.63, 3.8) is 0 Å². The van der Waals surface area contributed by atoms with Gasteiger partial charge in [-0.25, -0.2) is 14.8 Å². The number of carbonyl (C=O) groups is 4. The number of nitrogens with zero attached hydrogens (tertiary/aromatic N) is 3. The molecule has 3 amide bonds. The van der Waals surface area contributed by atoms with Gasteiger partial charge in [0.05, 0.1) is 25.2 Å². The van der Waals surface area contributed by atoms with Gasteiger partial charge in [-0.15, -0.1) is 0 Å². The van der Waals surface area contributed by atoms with Gasteiger partial charge >= 0.3 is 5.97 Å². The SMILES string of the molecule is NC(N)=NCCCC(NC(=O)CNC(=O)C(Cc1cnc[nH]1)NC(=O)C(N)Cc1cnc[nH]1)C(=O)O. The number of hydrogen-bond donors (Lipinski definition) is 9. The van der Waals surface area contributed by atoms with Gasteiger partial charge < -0.3 is 48.2 Å². The minimum absolute atomic E-state index is 0.0541. The van der Waals surface area contributed by atoms with E-state index < -0.39 is 48.4 Å². The molecule has 0 aliphatic rings. The number of carboxylic acids is 1. The van der Waals surface area contributed by atoms with E-state index in [-0.39, 0.29) is 31.8 Å². The van der Waals surface area contributed by atoms with Crippen LogP contribution in [0.3, 0.4) is 0 Å². The summed E-state index contributed by atoms with van der Waals surface area (Å²) in [6.45, 7) is -0.303. The highest BCUT2D eigenvalue weighted by molar-refractivity contribution is 5.92. The summed E-state index contributed by atoms with van der Waals surface area (Å²) < 4.78 is 0. The molecule has 2 aromatic rings. The Balaban J connectivity index is 1.92. The first-order chi connectivity index (χ1) is 17.2. The number of imidazole rings is 2. The molecule has 3 unspecified atom stereocenters. The summed E-state index contributed by atoms with van der Waals surface area (Å²) in [6, 6.07) is -3.22. The molecule has 12 N–H and O–H groups in total. The largest absolute Gasteiger partial charge is 0.480 e. The Bertz CT molecular complexity index is 1020. The highest BCUT2D eigenvalue weighted by Crippen LogP contribution is 2.02. The zero-order chi connectivity index (χ0) is 26.5. The molecule has 0 saturated carbocycles. The molecule has 3 atom stereocenters. The maximum absolute atomic E-state index is 12.8. The van der Waals surface area contributed by atoms with Gasteiger partial charge in [0.2, 0.25) is 17.7 Å². The normalized spacial score (nSPS) is 13.1. The second-order valence-corrected chi connectivity index (χ2v) is 7.85. The first kappa shape index (κ1) is 27.8. The predicted octanol–water partition coefficient (Wildman–Crippen LogP) is -3.53. The summed E-state index contributed by atoms with van der Waals surface area (Å²) >= 11 is 0. The number of aliphatic imine (C=N–C) groups is 1. The number of aromatic amines is 2. The van der Waals surface area contributed by atoms with Gasteiger partial charge in [-0.2, -0.15) is 0 Å². The van der Waals surface area contributed by atoms with Crippen LogP contribution in [-0.4, -0.2) is 85.9 Å². The Kier molecular flexibility index (Phi) is 10.8. The molecule has 0 aromatic carbocycles. The number of carbonyl (C=O) groups excluding carboxylic acids is 3. The van der Waals surface area contributed by atoms with Crippen LogP contribution < -0.4 is 33.2 Å². The lowest BCUT2D eigenvalue weighted by atomic mass is 10.1. The molecule has 196 valence electrons. The van der Waals surface area contributed by atoms with Crippen LogP contribution in [0.25, 0.3) is 0 Å². The van der Waals surface area contributed by atoms with Crippen LogP contribution in [0.4, 0.5) is 0 Å². The van der Waals surface area contributed by atoms with Crippen molar-refractivity contribution >= 4 is 29.7 Å². The van der Waals surface area contributed by atoms with E-state index in [0.717, 1.165) is 0 Å². The van der Waals surface area contributed by atoms with Crippen molar-refractivity contribution in [3.05, 3.63) is 36.4 Å². The minimum Gasteiger partial charge on any atom is -0.480 e. The van der Waals surface area contributed by atoms with Crippen molar-refractivity contribution in [1.29, 1.82) is 0 Å². The summed E-state index contributed by atoms with van der Waals surface area (Å²) in [5.74, 6) is -3.33. The van der Waals surface area contributed by atoms with Crippen molar-refractivity contribution < 1.29 is 24.3 Å². The van der Waals surface area contributed by atoms with Crippen molar-refractivity contribution in [2.75, 3.05) is 13.1 Å². The number of rotatable bonds is 15. The van der Waals surface area contributed by atoms with Gasteiger partial charge in [0, 0.05) is 43.2 Å². The Morgan fingerprint density at radius 1 is 0.972 bits per heavy atom. The smallest absolute Gasteiger partial charge is 0.326 e. The highest BCUT2D eigenvalue weighted by Gasteiger charge is 2.26. The number of hydrogen-bond acceptors (Lipinski definition) is 8. The number of nitrogens with one attached hydrogen (secondary N) is 5. The van der Waals surface area contributed by atoms with E-state index in [1.54, 1.807) is 0 Å². The molecule has 0 saturated heterocycles. The van der Waals surface area contributed by atoms with E-state index in [9.17, 15) is 24.3 Å². The average Bonchev–Trinajstić information content (AvgIpc) is 3.53. The van der Waals surface area contributed by atoms with Gasteiger partial charge in [-0.1, -0.05) is 0 Å². The lowest BCUT2D eigenvalue weighted by Gasteiger charge is -2.20. The zero-order valence-corrected chi connectivity index (χ0v) is 19.4. The Morgan fingerprint density at radius 2 is 1.61 bits per heavy atom. The van der Waals surface area contributed by atoms with Crippen LogP contribution in [0.15, 0.2) is 30.0 Å². The topological polar surface area (TPSA) is 272 Å². The third-order valence-corrected chi connectivity index (χ3v) is 4.95. The standard InChI is InChI=1S/C20H31N11O5/c21-13(4-11-6-24-9-28-11)17(33)31-15(5-12-7-25-10-29-12)18(34)27-8-16(32)30-14(19(35)36)2-1-3-26-20(22)23/h6-7,9-10,13-15H,1-5,8,21H2,(H,24,28)(H,25,29)(H,27,34)(H,30,32)(H,31,33)(H,35,36)(H4,22,23,26). The Labute approximate surface area is 205 Å². The van der Waals surface area contributed by atoms with Gasteiger partial charge in [0.25, 0.3) is 0 Å². The van der Waals surface area contributed by atoms with Crippen LogP contribution in [0, 0.1) is 0 Å². The highest BCUT2D eigenvalue weighted by atomic mass is 16.4. The fourth-order valence-corrected chi connectivity index (χ4v) is 3.13. The number of amides is 3. The third kappa shape index (κ3) is 9.80. The van der Waals surface area contributed by atoms with Gasteiger partial charge in [-0.05, 0) is 12.8 Å². The van der Waals surface area contributed by atoms with Crippen molar-refractivity contribution in [1.82, 2.24) is 35.9 Å². The van der Waals surface area contributed by atoms with Gasteiger partial charge in [-0.3, -0.25) is 19.4 Å². The van der Waals surface area contributed by atoms with Crippen molar-refractivity contribution in [3.8, 4) is 0 Å². The van der Waals surface area contributed by atoms with Crippen LogP contribution in [0.2, 0.25) is 0 Å². The summed E-state index contributed by atoms with van der Waals surface area (Å²) in [4.78, 5) is 66.3. The van der Waals surface area contributed by atoms with Gasteiger partial charge in [0.1, 0.15) is 12.1 Å². The second kappa shape index (κ2) is 14.1.